The molecule has 7 nitrogen and oxygen atoms in total. The topological polar surface area (TPSA) is 73.0 Å². The van der Waals surface area contributed by atoms with Gasteiger partial charge in [-0.3, -0.25) is 4.90 Å². The van der Waals surface area contributed by atoms with Gasteiger partial charge >= 0.3 is 6.09 Å². The van der Waals surface area contributed by atoms with Crippen molar-refractivity contribution in [3.05, 3.63) is 64.3 Å². The normalized spacial score (nSPS) is 21.2. The fourth-order valence-electron chi connectivity index (χ4n) is 4.97. The number of amides is 1. The number of hydrogen-bond donors (Lipinski definition) is 1. The van der Waals surface area contributed by atoms with Crippen LogP contribution in [0.2, 0.25) is 5.02 Å². The van der Waals surface area contributed by atoms with Gasteiger partial charge in [0.2, 0.25) is 0 Å². The Hall–Kier alpha value is -2.74. The van der Waals surface area contributed by atoms with Crippen molar-refractivity contribution in [2.75, 3.05) is 26.4 Å². The van der Waals surface area contributed by atoms with Crippen molar-refractivity contribution in [2.24, 2.45) is 0 Å². The second kappa shape index (κ2) is 9.72. The number of nitrogens with one attached hydrogen (secondary N) is 1. The van der Waals surface area contributed by atoms with E-state index in [2.05, 4.69) is 4.98 Å². The molecule has 0 aliphatic carbocycles. The van der Waals surface area contributed by atoms with Gasteiger partial charge < -0.3 is 23.9 Å². The number of ether oxygens (including phenoxy) is 4. The minimum Gasteiger partial charge on any atom is -0.493 e. The number of nitrogens with zero attached hydrogens (tertiary/aromatic N) is 1. The molecule has 8 heteroatoms. The minimum atomic E-state index is -0.524. The number of hydrogen-bond acceptors (Lipinski definition) is 5. The molecule has 0 radical (unpaired) electrons. The van der Waals surface area contributed by atoms with E-state index in [1.165, 1.54) is 5.56 Å². The minimum absolute atomic E-state index is 0.0404. The first-order valence-corrected chi connectivity index (χ1v) is 12.5. The first kappa shape index (κ1) is 24.0. The summed E-state index contributed by atoms with van der Waals surface area (Å²) in [6, 6.07) is 13.5. The molecule has 2 aliphatic heterocycles. The molecule has 35 heavy (non-hydrogen) atoms. The van der Waals surface area contributed by atoms with Crippen molar-refractivity contribution in [3.63, 3.8) is 0 Å². The highest BCUT2D eigenvalue weighted by Crippen LogP contribution is 2.39. The zero-order valence-electron chi connectivity index (χ0n) is 20.3. The van der Waals surface area contributed by atoms with Crippen molar-refractivity contribution in [1.82, 2.24) is 9.88 Å². The molecule has 1 saturated heterocycles. The van der Waals surface area contributed by atoms with Crippen LogP contribution < -0.4 is 4.74 Å². The third kappa shape index (κ3) is 4.99. The van der Waals surface area contributed by atoms with Gasteiger partial charge in [-0.15, -0.1) is 0 Å². The number of benzene rings is 2. The molecule has 2 aromatic carbocycles. The smallest absolute Gasteiger partial charge is 0.410 e. The van der Waals surface area contributed by atoms with Gasteiger partial charge in [-0.05, 0) is 68.7 Å². The van der Waals surface area contributed by atoms with E-state index in [0.29, 0.717) is 31.4 Å². The van der Waals surface area contributed by atoms with Crippen molar-refractivity contribution < 1.29 is 23.7 Å². The van der Waals surface area contributed by atoms with Gasteiger partial charge in [0.15, 0.2) is 5.79 Å². The van der Waals surface area contributed by atoms with Crippen LogP contribution >= 0.6 is 11.6 Å². The molecule has 186 valence electrons. The maximum absolute atomic E-state index is 12.9. The zero-order chi connectivity index (χ0) is 24.6. The number of rotatable bonds is 6. The van der Waals surface area contributed by atoms with Gasteiger partial charge in [0.25, 0.3) is 0 Å². The Kier molecular flexibility index (Phi) is 6.66. The van der Waals surface area contributed by atoms with E-state index in [-0.39, 0.29) is 18.2 Å². The summed E-state index contributed by atoms with van der Waals surface area (Å²) < 4.78 is 22.8. The number of aromatic amines is 1. The Bertz CT molecular complexity index is 1210. The molecule has 1 N–H and O–H groups in total. The van der Waals surface area contributed by atoms with Crippen molar-refractivity contribution in [3.8, 4) is 5.75 Å². The van der Waals surface area contributed by atoms with Gasteiger partial charge in [0, 0.05) is 34.6 Å². The Morgan fingerprint density at radius 2 is 2.03 bits per heavy atom. The Morgan fingerprint density at radius 3 is 2.74 bits per heavy atom. The van der Waals surface area contributed by atoms with E-state index < -0.39 is 5.79 Å². The number of fused-ring (bicyclic) bond motifs is 3. The molecule has 2 aliphatic rings. The highest BCUT2D eigenvalue weighted by molar-refractivity contribution is 6.31. The average molecular weight is 499 g/mol. The summed E-state index contributed by atoms with van der Waals surface area (Å²) in [6.45, 7) is 7.68. The number of H-pyrrole nitrogens is 1. The second-order valence-corrected chi connectivity index (χ2v) is 9.85. The van der Waals surface area contributed by atoms with E-state index in [4.69, 9.17) is 30.5 Å². The summed E-state index contributed by atoms with van der Waals surface area (Å²) in [7, 11) is 0. The zero-order valence-corrected chi connectivity index (χ0v) is 21.1. The lowest BCUT2D eigenvalue weighted by molar-refractivity contribution is -0.139. The predicted octanol–water partition coefficient (Wildman–Crippen LogP) is 5.85. The first-order chi connectivity index (χ1) is 16.8. The Labute approximate surface area is 210 Å². The number of halogens is 1. The first-order valence-electron chi connectivity index (χ1n) is 12.1. The summed E-state index contributed by atoms with van der Waals surface area (Å²) in [4.78, 5) is 18.2. The van der Waals surface area contributed by atoms with Crippen LogP contribution in [0.25, 0.3) is 10.9 Å². The van der Waals surface area contributed by atoms with E-state index in [1.807, 2.05) is 63.2 Å². The van der Waals surface area contributed by atoms with Crippen LogP contribution in [0.4, 0.5) is 4.79 Å². The molecule has 0 bridgehead atoms. The lowest BCUT2D eigenvalue weighted by atomic mass is 9.92. The highest BCUT2D eigenvalue weighted by Gasteiger charge is 2.35. The van der Waals surface area contributed by atoms with E-state index in [9.17, 15) is 4.79 Å². The molecule has 1 amide bonds. The highest BCUT2D eigenvalue weighted by atomic mass is 35.5. The number of carbonyl (C=O) groups excluding carboxylic acids is 1. The van der Waals surface area contributed by atoms with Crippen LogP contribution in [0.1, 0.15) is 50.1 Å². The summed E-state index contributed by atoms with van der Waals surface area (Å²) in [5, 5.41) is 1.80. The third-order valence-electron chi connectivity index (χ3n) is 6.56. The summed E-state index contributed by atoms with van der Waals surface area (Å²) in [5.74, 6) is 0.248. The van der Waals surface area contributed by atoms with Crippen LogP contribution in [0.5, 0.6) is 5.75 Å². The van der Waals surface area contributed by atoms with Crippen LogP contribution in [0.15, 0.2) is 42.5 Å². The van der Waals surface area contributed by atoms with E-state index >= 15 is 0 Å². The van der Waals surface area contributed by atoms with Gasteiger partial charge in [-0.1, -0.05) is 23.7 Å². The maximum Gasteiger partial charge on any atom is 0.410 e. The Morgan fingerprint density at radius 1 is 1.23 bits per heavy atom. The van der Waals surface area contributed by atoms with Crippen molar-refractivity contribution in [1.29, 1.82) is 0 Å². The molecular weight excluding hydrogens is 468 g/mol. The van der Waals surface area contributed by atoms with E-state index in [1.54, 1.807) is 4.90 Å². The maximum atomic E-state index is 12.9. The summed E-state index contributed by atoms with van der Waals surface area (Å²) in [5.41, 5.74) is 4.18. The third-order valence-corrected chi connectivity index (χ3v) is 6.80. The molecule has 1 aromatic heterocycles. The second-order valence-electron chi connectivity index (χ2n) is 9.41. The summed E-state index contributed by atoms with van der Waals surface area (Å²) in [6.07, 6.45) is 1.21. The fourth-order valence-corrected chi connectivity index (χ4v) is 5.14. The lowest BCUT2D eigenvalue weighted by Crippen LogP contribution is -2.40. The predicted molar refractivity (Wildman–Crippen MR) is 134 cm³/mol. The van der Waals surface area contributed by atoms with Crippen LogP contribution in [-0.4, -0.2) is 54.2 Å². The number of carbonyl (C=O) groups is 1. The molecule has 0 spiro atoms. The molecule has 2 atom stereocenters. The largest absolute Gasteiger partial charge is 0.493 e. The Balaban J connectivity index is 1.37. The van der Waals surface area contributed by atoms with Crippen LogP contribution in [0.3, 0.4) is 0 Å². The molecular formula is C27H31ClN2O5. The SMILES string of the molecule is CCOC(=O)N1CCc2c([nH]c3ccc(Cl)cc23)C1c1ccc(OCC[C@H]2COC(C)(C)O2)cc1. The molecule has 1 fully saturated rings. The van der Waals surface area contributed by atoms with Crippen molar-refractivity contribution in [2.45, 2.75) is 51.5 Å². The quantitative estimate of drug-likeness (QED) is 0.461. The van der Waals surface area contributed by atoms with Gasteiger partial charge in [-0.2, -0.15) is 0 Å². The average Bonchev–Trinajstić information content (AvgIpc) is 3.38. The molecule has 1 unspecified atom stereocenters. The van der Waals surface area contributed by atoms with Gasteiger partial charge in [0.1, 0.15) is 11.8 Å². The van der Waals surface area contributed by atoms with Crippen LogP contribution in [-0.2, 0) is 20.6 Å². The standard InChI is InChI=1S/C27H31ClN2O5/c1-4-32-26(31)30-13-11-21-22-15-18(28)7-10-23(22)29-24(21)25(30)17-5-8-19(9-6-17)33-14-12-20-16-34-27(2,3)35-20/h5-10,15,20,25,29H,4,11-14,16H2,1-3H3/t20-,25?/m0/s1. The van der Waals surface area contributed by atoms with Gasteiger partial charge in [0.05, 0.1) is 25.9 Å². The molecule has 3 heterocycles. The summed E-state index contributed by atoms with van der Waals surface area (Å²) >= 11 is 6.28. The van der Waals surface area contributed by atoms with E-state index in [0.717, 1.165) is 40.8 Å². The monoisotopic (exact) mass is 498 g/mol. The van der Waals surface area contributed by atoms with Crippen molar-refractivity contribution >= 4 is 28.6 Å². The lowest BCUT2D eigenvalue weighted by Gasteiger charge is -2.35. The fraction of sp³-hybridized carbons (Fsp3) is 0.444. The molecule has 3 aromatic rings. The van der Waals surface area contributed by atoms with Gasteiger partial charge in [-0.25, -0.2) is 4.79 Å². The number of aromatic nitrogens is 1. The van der Waals surface area contributed by atoms with Crippen LogP contribution in [0, 0.1) is 0 Å². The molecule has 5 rings (SSSR count). The molecule has 0 saturated carbocycles.